The van der Waals surface area contributed by atoms with Crippen molar-refractivity contribution in [3.05, 3.63) is 46.5 Å². The fraction of sp³-hybridized carbons (Fsp3) is 0.0714. The highest BCUT2D eigenvalue weighted by atomic mass is 16.6. The zero-order valence-corrected chi connectivity index (χ0v) is 11.0. The third-order valence-corrected chi connectivity index (χ3v) is 3.13. The van der Waals surface area contributed by atoms with Gasteiger partial charge in [-0.1, -0.05) is 12.1 Å². The number of hydrogen-bond donors (Lipinski definition) is 2. The van der Waals surface area contributed by atoms with E-state index in [-0.39, 0.29) is 5.75 Å². The number of aromatic hydroxyl groups is 1. The number of para-hydroxylation sites is 2. The fourth-order valence-electron chi connectivity index (χ4n) is 2.11. The van der Waals surface area contributed by atoms with Crippen LogP contribution < -0.4 is 4.74 Å². The van der Waals surface area contributed by atoms with Crippen LogP contribution in [0.1, 0.15) is 0 Å². The van der Waals surface area contributed by atoms with Crippen molar-refractivity contribution in [1.29, 1.82) is 0 Å². The summed E-state index contributed by atoms with van der Waals surface area (Å²) in [5, 5.41) is 20.8. The van der Waals surface area contributed by atoms with E-state index in [4.69, 9.17) is 4.74 Å². The van der Waals surface area contributed by atoms with Gasteiger partial charge in [-0.2, -0.15) is 0 Å². The monoisotopic (exact) mass is 285 g/mol. The first-order valence-electron chi connectivity index (χ1n) is 6.10. The van der Waals surface area contributed by atoms with Gasteiger partial charge in [0.05, 0.1) is 23.1 Å². The summed E-state index contributed by atoms with van der Waals surface area (Å²) < 4.78 is 4.98. The Kier molecular flexibility index (Phi) is 2.94. The summed E-state index contributed by atoms with van der Waals surface area (Å²) >= 11 is 0. The van der Waals surface area contributed by atoms with Gasteiger partial charge >= 0.3 is 5.69 Å². The molecule has 7 heteroatoms. The number of fused-ring (bicyclic) bond motifs is 1. The molecule has 2 N–H and O–H groups in total. The van der Waals surface area contributed by atoms with E-state index in [0.717, 1.165) is 11.0 Å². The number of rotatable bonds is 3. The molecule has 0 radical (unpaired) electrons. The maximum Gasteiger partial charge on any atom is 0.315 e. The molecule has 0 aliphatic rings. The summed E-state index contributed by atoms with van der Waals surface area (Å²) in [7, 11) is 1.33. The number of aromatic amines is 1. The van der Waals surface area contributed by atoms with Crippen LogP contribution in [0, 0.1) is 10.1 Å². The number of imidazole rings is 1. The molecule has 0 unspecified atom stereocenters. The Morgan fingerprint density at radius 1 is 1.33 bits per heavy atom. The Hall–Kier alpha value is -3.09. The lowest BCUT2D eigenvalue weighted by molar-refractivity contribution is -0.385. The Balaban J connectivity index is 2.21. The number of phenols is 1. The first-order valence-corrected chi connectivity index (χ1v) is 6.10. The highest BCUT2D eigenvalue weighted by molar-refractivity contribution is 5.80. The molecule has 2 aromatic carbocycles. The van der Waals surface area contributed by atoms with Crippen molar-refractivity contribution >= 4 is 16.7 Å². The van der Waals surface area contributed by atoms with Crippen LogP contribution in [-0.2, 0) is 0 Å². The summed E-state index contributed by atoms with van der Waals surface area (Å²) in [4.78, 5) is 17.8. The molecule has 0 spiro atoms. The highest BCUT2D eigenvalue weighted by Crippen LogP contribution is 2.39. The SMILES string of the molecule is COc1cc(-c2nc3ccccc3[nH]2)cc([N+](=O)[O-])c1O. The number of ether oxygens (including phenoxy) is 1. The molecule has 106 valence electrons. The molecule has 0 aliphatic heterocycles. The summed E-state index contributed by atoms with van der Waals surface area (Å²) in [6, 6.07) is 10.2. The Morgan fingerprint density at radius 3 is 2.76 bits per heavy atom. The lowest BCUT2D eigenvalue weighted by Crippen LogP contribution is -1.94. The molecule has 21 heavy (non-hydrogen) atoms. The van der Waals surface area contributed by atoms with Crippen molar-refractivity contribution in [2.24, 2.45) is 0 Å². The molecule has 3 aromatic rings. The second-order valence-corrected chi connectivity index (χ2v) is 4.41. The standard InChI is InChI=1S/C14H11N3O4/c1-21-12-7-8(6-11(13(12)18)17(19)20)14-15-9-4-2-3-5-10(9)16-14/h2-7,18H,1H3,(H,15,16). The molecule has 0 atom stereocenters. The van der Waals surface area contributed by atoms with E-state index in [1.54, 1.807) is 0 Å². The van der Waals surface area contributed by atoms with Gasteiger partial charge < -0.3 is 14.8 Å². The lowest BCUT2D eigenvalue weighted by Gasteiger charge is -2.06. The smallest absolute Gasteiger partial charge is 0.315 e. The highest BCUT2D eigenvalue weighted by Gasteiger charge is 2.21. The predicted octanol–water partition coefficient (Wildman–Crippen LogP) is 2.85. The number of phenolic OH excluding ortho intramolecular Hbond substituents is 1. The van der Waals surface area contributed by atoms with E-state index in [1.165, 1.54) is 19.2 Å². The second kappa shape index (κ2) is 4.78. The number of nitro benzene ring substituents is 1. The molecule has 0 saturated carbocycles. The van der Waals surface area contributed by atoms with Crippen LogP contribution in [0.15, 0.2) is 36.4 Å². The quantitative estimate of drug-likeness (QED) is 0.569. The Labute approximate surface area is 119 Å². The van der Waals surface area contributed by atoms with E-state index in [1.807, 2.05) is 24.3 Å². The van der Waals surface area contributed by atoms with Crippen LogP contribution in [0.25, 0.3) is 22.4 Å². The maximum absolute atomic E-state index is 11.0. The number of nitrogens with one attached hydrogen (secondary N) is 1. The number of benzene rings is 2. The number of nitro groups is 1. The third kappa shape index (κ3) is 2.14. The molecule has 0 fully saturated rings. The topological polar surface area (TPSA) is 101 Å². The molecule has 7 nitrogen and oxygen atoms in total. The van der Waals surface area contributed by atoms with Crippen LogP contribution in [0.5, 0.6) is 11.5 Å². The van der Waals surface area contributed by atoms with Crippen molar-refractivity contribution in [3.8, 4) is 22.9 Å². The minimum Gasteiger partial charge on any atom is -0.500 e. The molecular weight excluding hydrogens is 274 g/mol. The Morgan fingerprint density at radius 2 is 2.10 bits per heavy atom. The van der Waals surface area contributed by atoms with Gasteiger partial charge in [0.15, 0.2) is 5.75 Å². The molecule has 1 heterocycles. The van der Waals surface area contributed by atoms with E-state index < -0.39 is 16.4 Å². The van der Waals surface area contributed by atoms with Crippen molar-refractivity contribution in [3.63, 3.8) is 0 Å². The van der Waals surface area contributed by atoms with Crippen LogP contribution in [0.3, 0.4) is 0 Å². The van der Waals surface area contributed by atoms with Gasteiger partial charge in [0.1, 0.15) is 5.82 Å². The van der Waals surface area contributed by atoms with Crippen molar-refractivity contribution in [2.45, 2.75) is 0 Å². The van der Waals surface area contributed by atoms with E-state index >= 15 is 0 Å². The lowest BCUT2D eigenvalue weighted by atomic mass is 10.1. The van der Waals surface area contributed by atoms with E-state index in [2.05, 4.69) is 9.97 Å². The largest absolute Gasteiger partial charge is 0.500 e. The van der Waals surface area contributed by atoms with Gasteiger partial charge in [0.2, 0.25) is 5.75 Å². The van der Waals surface area contributed by atoms with Crippen LogP contribution in [0.4, 0.5) is 5.69 Å². The molecule has 3 rings (SSSR count). The molecular formula is C14H11N3O4. The average molecular weight is 285 g/mol. The second-order valence-electron chi connectivity index (χ2n) is 4.41. The van der Waals surface area contributed by atoms with Crippen molar-refractivity contribution < 1.29 is 14.8 Å². The Bertz CT molecular complexity index is 808. The summed E-state index contributed by atoms with van der Waals surface area (Å²) in [5.74, 6) is -0.000354. The number of hydrogen-bond acceptors (Lipinski definition) is 5. The molecule has 0 aliphatic carbocycles. The van der Waals surface area contributed by atoms with Crippen LogP contribution in [-0.4, -0.2) is 27.1 Å². The van der Waals surface area contributed by atoms with Crippen LogP contribution in [0.2, 0.25) is 0 Å². The van der Waals surface area contributed by atoms with Gasteiger partial charge in [-0.05, 0) is 18.2 Å². The average Bonchev–Trinajstić information content (AvgIpc) is 2.91. The zero-order chi connectivity index (χ0) is 15.0. The number of methoxy groups -OCH3 is 1. The fourth-order valence-corrected chi connectivity index (χ4v) is 2.11. The van der Waals surface area contributed by atoms with E-state index in [9.17, 15) is 15.2 Å². The minimum atomic E-state index is -0.663. The normalized spacial score (nSPS) is 10.7. The first-order chi connectivity index (χ1) is 10.1. The molecule has 1 aromatic heterocycles. The molecule has 0 bridgehead atoms. The maximum atomic E-state index is 11.0. The van der Waals surface area contributed by atoms with Crippen molar-refractivity contribution in [2.75, 3.05) is 7.11 Å². The van der Waals surface area contributed by atoms with Gasteiger partial charge in [0, 0.05) is 11.6 Å². The van der Waals surface area contributed by atoms with Gasteiger partial charge in [-0.15, -0.1) is 0 Å². The van der Waals surface area contributed by atoms with E-state index in [0.29, 0.717) is 11.4 Å². The predicted molar refractivity (Wildman–Crippen MR) is 76.4 cm³/mol. The number of H-pyrrole nitrogens is 1. The molecule has 0 amide bonds. The zero-order valence-electron chi connectivity index (χ0n) is 11.0. The molecule has 0 saturated heterocycles. The summed E-state index contributed by atoms with van der Waals surface area (Å²) in [5.41, 5.74) is 1.61. The van der Waals surface area contributed by atoms with Gasteiger partial charge in [-0.3, -0.25) is 10.1 Å². The number of aromatic nitrogens is 2. The first kappa shape index (κ1) is 12.9. The summed E-state index contributed by atoms with van der Waals surface area (Å²) in [6.07, 6.45) is 0. The minimum absolute atomic E-state index is 0.0275. The van der Waals surface area contributed by atoms with Gasteiger partial charge in [-0.25, -0.2) is 4.98 Å². The number of nitrogens with zero attached hydrogens (tertiary/aromatic N) is 2. The van der Waals surface area contributed by atoms with Crippen LogP contribution >= 0.6 is 0 Å². The van der Waals surface area contributed by atoms with Gasteiger partial charge in [0.25, 0.3) is 0 Å². The third-order valence-electron chi connectivity index (χ3n) is 3.13. The van der Waals surface area contributed by atoms with Crippen molar-refractivity contribution in [1.82, 2.24) is 9.97 Å². The summed E-state index contributed by atoms with van der Waals surface area (Å²) in [6.45, 7) is 0.